The van der Waals surface area contributed by atoms with Gasteiger partial charge in [-0.3, -0.25) is 19.6 Å². The molecule has 1 aromatic carbocycles. The summed E-state index contributed by atoms with van der Waals surface area (Å²) < 4.78 is 5.42. The molecule has 0 radical (unpaired) electrons. The first-order valence-electron chi connectivity index (χ1n) is 12.6. The third-order valence-electron chi connectivity index (χ3n) is 5.96. The lowest BCUT2D eigenvalue weighted by molar-refractivity contribution is -0.168. The zero-order valence-electron chi connectivity index (χ0n) is 21.8. The van der Waals surface area contributed by atoms with Crippen molar-refractivity contribution in [3.8, 4) is 17.1 Å². The van der Waals surface area contributed by atoms with Gasteiger partial charge in [-0.1, -0.05) is 39.2 Å². The van der Waals surface area contributed by atoms with Crippen molar-refractivity contribution in [3.63, 3.8) is 0 Å². The molecule has 0 bridgehead atoms. The highest BCUT2D eigenvalue weighted by Crippen LogP contribution is 2.26. The van der Waals surface area contributed by atoms with Crippen molar-refractivity contribution in [3.05, 3.63) is 41.7 Å². The number of amides is 3. The van der Waals surface area contributed by atoms with E-state index in [0.29, 0.717) is 23.5 Å². The highest BCUT2D eigenvalue weighted by Gasteiger charge is 2.30. The van der Waals surface area contributed by atoms with Gasteiger partial charge in [-0.05, 0) is 38.0 Å². The molecule has 0 unspecified atom stereocenters. The van der Waals surface area contributed by atoms with Crippen molar-refractivity contribution in [2.24, 2.45) is 5.92 Å². The molecule has 2 rings (SSSR count). The molecule has 0 saturated heterocycles. The maximum Gasteiger partial charge on any atom is 0.339 e. The summed E-state index contributed by atoms with van der Waals surface area (Å²) in [5.74, 6) is -2.37. The molecule has 2 aromatic rings. The quantitative estimate of drug-likeness (QED) is 0.0839. The van der Waals surface area contributed by atoms with Crippen LogP contribution in [0.15, 0.2) is 30.5 Å². The molecule has 206 valence electrons. The fraction of sp³-hybridized carbons (Fsp3) is 0.462. The lowest BCUT2D eigenvalue weighted by Crippen LogP contribution is -2.47. The Morgan fingerprint density at radius 2 is 1.89 bits per heavy atom. The number of carboxylic acid groups (broad SMARTS) is 1. The molecular formula is C26H35N5O7. The van der Waals surface area contributed by atoms with Crippen LogP contribution in [-0.2, 0) is 9.59 Å². The van der Waals surface area contributed by atoms with Gasteiger partial charge in [0.25, 0.3) is 5.91 Å². The van der Waals surface area contributed by atoms with Gasteiger partial charge in [0.2, 0.25) is 12.3 Å². The number of carbonyl (C=O) groups is 4. The molecule has 3 amide bonds. The van der Waals surface area contributed by atoms with Gasteiger partial charge in [0.1, 0.15) is 17.0 Å². The number of carbonyl (C=O) groups excluding carboxylic acids is 3. The van der Waals surface area contributed by atoms with Crippen LogP contribution >= 0.6 is 0 Å². The fourth-order valence-corrected chi connectivity index (χ4v) is 4.02. The number of unbranched alkanes of at least 4 members (excludes halogenated alkanes) is 2. The van der Waals surface area contributed by atoms with Gasteiger partial charge < -0.3 is 20.5 Å². The lowest BCUT2D eigenvalue weighted by Gasteiger charge is -2.29. The molecule has 0 spiro atoms. The van der Waals surface area contributed by atoms with E-state index in [1.54, 1.807) is 13.8 Å². The highest BCUT2D eigenvalue weighted by molar-refractivity contribution is 5.93. The molecule has 0 aliphatic carbocycles. The molecule has 0 aliphatic heterocycles. The van der Waals surface area contributed by atoms with E-state index < -0.39 is 23.8 Å². The third-order valence-corrected chi connectivity index (χ3v) is 5.96. The monoisotopic (exact) mass is 529 g/mol. The van der Waals surface area contributed by atoms with E-state index in [1.807, 2.05) is 6.92 Å². The summed E-state index contributed by atoms with van der Waals surface area (Å²) >= 11 is 0. The van der Waals surface area contributed by atoms with E-state index in [4.69, 9.17) is 4.74 Å². The Morgan fingerprint density at radius 3 is 2.53 bits per heavy atom. The number of hydrogen-bond acceptors (Lipinski definition) is 8. The van der Waals surface area contributed by atoms with Crippen LogP contribution in [0.25, 0.3) is 11.4 Å². The van der Waals surface area contributed by atoms with E-state index in [1.165, 1.54) is 30.5 Å². The second kappa shape index (κ2) is 15.3. The normalized spacial score (nSPS) is 12.2. The van der Waals surface area contributed by atoms with Crippen molar-refractivity contribution < 1.29 is 34.2 Å². The predicted molar refractivity (Wildman–Crippen MR) is 137 cm³/mol. The van der Waals surface area contributed by atoms with Crippen LogP contribution in [0.3, 0.4) is 0 Å². The molecule has 12 nitrogen and oxygen atoms in total. The Labute approximate surface area is 221 Å². The number of nitrogens with zero attached hydrogens (tertiary/aromatic N) is 3. The van der Waals surface area contributed by atoms with Crippen LogP contribution in [0.5, 0.6) is 5.75 Å². The Morgan fingerprint density at radius 1 is 1.13 bits per heavy atom. The van der Waals surface area contributed by atoms with Crippen molar-refractivity contribution >= 4 is 24.2 Å². The van der Waals surface area contributed by atoms with Gasteiger partial charge in [-0.15, -0.1) is 0 Å². The average Bonchev–Trinajstić information content (AvgIpc) is 2.92. The molecule has 12 heteroatoms. The van der Waals surface area contributed by atoms with Crippen LogP contribution < -0.4 is 15.4 Å². The zero-order valence-corrected chi connectivity index (χ0v) is 21.8. The first-order chi connectivity index (χ1) is 18.3. The summed E-state index contributed by atoms with van der Waals surface area (Å²) in [6, 6.07) is 5.13. The Hall–Kier alpha value is -4.06. The van der Waals surface area contributed by atoms with Crippen LogP contribution in [0.2, 0.25) is 0 Å². The van der Waals surface area contributed by atoms with Gasteiger partial charge >= 0.3 is 5.97 Å². The summed E-state index contributed by atoms with van der Waals surface area (Å²) in [6.07, 6.45) is 5.16. The number of hydrogen-bond donors (Lipinski definition) is 4. The van der Waals surface area contributed by atoms with Gasteiger partial charge in [0, 0.05) is 11.8 Å². The van der Waals surface area contributed by atoms with Crippen LogP contribution in [0.1, 0.15) is 73.7 Å². The van der Waals surface area contributed by atoms with Crippen molar-refractivity contribution in [1.82, 2.24) is 25.7 Å². The Bertz CT molecular complexity index is 1110. The van der Waals surface area contributed by atoms with E-state index in [0.717, 1.165) is 19.3 Å². The number of rotatable bonds is 16. The van der Waals surface area contributed by atoms with Crippen LogP contribution in [-0.4, -0.2) is 68.9 Å². The molecule has 0 aliphatic rings. The van der Waals surface area contributed by atoms with Crippen molar-refractivity contribution in [2.75, 3.05) is 13.3 Å². The van der Waals surface area contributed by atoms with Crippen LogP contribution in [0, 0.1) is 5.92 Å². The summed E-state index contributed by atoms with van der Waals surface area (Å²) in [5, 5.41) is 25.0. The fourth-order valence-electron chi connectivity index (χ4n) is 4.02. The predicted octanol–water partition coefficient (Wildman–Crippen LogP) is 2.87. The van der Waals surface area contributed by atoms with Gasteiger partial charge in [0.05, 0.1) is 25.2 Å². The minimum atomic E-state index is -1.13. The molecular weight excluding hydrogens is 494 g/mol. The second-order valence-electron chi connectivity index (χ2n) is 8.50. The molecule has 4 N–H and O–H groups in total. The summed E-state index contributed by atoms with van der Waals surface area (Å²) in [7, 11) is 0. The average molecular weight is 530 g/mol. The first kappa shape index (κ1) is 30.2. The van der Waals surface area contributed by atoms with Crippen LogP contribution in [0.4, 0.5) is 0 Å². The Balaban J connectivity index is 2.09. The highest BCUT2D eigenvalue weighted by atomic mass is 16.5. The minimum Gasteiger partial charge on any atom is -0.493 e. The number of nitrogens with one attached hydrogen (secondary N) is 2. The zero-order chi connectivity index (χ0) is 28.1. The van der Waals surface area contributed by atoms with E-state index in [2.05, 4.69) is 20.6 Å². The van der Waals surface area contributed by atoms with E-state index >= 15 is 0 Å². The standard InChI is InChI=1S/C26H35N5O7/c1-4-7-8-9-18(21(5-2)31(37)16-32)24(33)28-15-29-25(34)20-12-13-27-23(30-20)17-10-11-19(26(35)36)22(14-17)38-6-3/h10-14,16,18,21,37H,4-9,15H2,1-3H3,(H,28,33)(H,29,34)(H,35,36)/t18-,21-/m1/s1. The number of hydroxylamine groups is 2. The summed E-state index contributed by atoms with van der Waals surface area (Å²) in [6.45, 7) is 5.62. The maximum atomic E-state index is 12.9. The second-order valence-corrected chi connectivity index (χ2v) is 8.50. The molecule has 38 heavy (non-hydrogen) atoms. The number of carboxylic acids is 1. The van der Waals surface area contributed by atoms with Crippen molar-refractivity contribution in [1.29, 1.82) is 0 Å². The van der Waals surface area contributed by atoms with E-state index in [-0.39, 0.29) is 48.4 Å². The molecule has 0 fully saturated rings. The smallest absolute Gasteiger partial charge is 0.339 e. The largest absolute Gasteiger partial charge is 0.493 e. The Kier molecular flexibility index (Phi) is 12.1. The lowest BCUT2D eigenvalue weighted by atomic mass is 9.90. The minimum absolute atomic E-state index is 0.00369. The SMILES string of the molecule is CCCCC[C@@H](C(=O)NCNC(=O)c1ccnc(-c2ccc(C(=O)O)c(OCC)c2)n1)[C@@H](CC)N(O)C=O. The number of aromatic carboxylic acids is 1. The summed E-state index contributed by atoms with van der Waals surface area (Å²) in [4.78, 5) is 56.5. The number of ether oxygens (including phenoxy) is 1. The molecule has 2 atom stereocenters. The topological polar surface area (TPSA) is 171 Å². The number of aromatic nitrogens is 2. The van der Waals surface area contributed by atoms with Gasteiger partial charge in [-0.2, -0.15) is 0 Å². The summed E-state index contributed by atoms with van der Waals surface area (Å²) in [5.41, 5.74) is 0.500. The van der Waals surface area contributed by atoms with E-state index in [9.17, 15) is 29.5 Å². The maximum absolute atomic E-state index is 12.9. The van der Waals surface area contributed by atoms with Gasteiger partial charge in [0.15, 0.2) is 5.82 Å². The van der Waals surface area contributed by atoms with Gasteiger partial charge in [-0.25, -0.2) is 19.8 Å². The third kappa shape index (κ3) is 8.23. The molecule has 1 heterocycles. The molecule has 1 aromatic heterocycles. The van der Waals surface area contributed by atoms with Crippen molar-refractivity contribution in [2.45, 2.75) is 58.9 Å². The molecule has 0 saturated carbocycles. The number of benzene rings is 1. The first-order valence-corrected chi connectivity index (χ1v) is 12.6.